The number of halogens is 1. The maximum Gasteiger partial charge on any atom is 0.338 e. The Morgan fingerprint density at radius 3 is 2.21 bits per heavy atom. The van der Waals surface area contributed by atoms with E-state index in [-0.39, 0.29) is 29.2 Å². The largest absolute Gasteiger partial charge is 0.452 e. The molecule has 1 aliphatic heterocycles. The summed E-state index contributed by atoms with van der Waals surface area (Å²) in [5.74, 6) is -2.17. The topological polar surface area (TPSA) is 92.8 Å². The van der Waals surface area contributed by atoms with Crippen molar-refractivity contribution in [2.75, 3.05) is 16.8 Å². The molecular weight excluding hydrogens is 488 g/mol. The van der Waals surface area contributed by atoms with Crippen molar-refractivity contribution in [2.45, 2.75) is 26.7 Å². The third-order valence-corrected chi connectivity index (χ3v) is 6.84. The Hall–Kier alpha value is -3.26. The minimum Gasteiger partial charge on any atom is -0.452 e. The Morgan fingerprint density at radius 1 is 1.00 bits per heavy atom. The Bertz CT molecular complexity index is 1150. The summed E-state index contributed by atoms with van der Waals surface area (Å²) in [6.07, 6.45) is 5.00. The van der Waals surface area contributed by atoms with Gasteiger partial charge < -0.3 is 10.1 Å². The second kappa shape index (κ2) is 9.31. The molecule has 0 radical (unpaired) electrons. The van der Waals surface area contributed by atoms with E-state index >= 15 is 0 Å². The Kier molecular flexibility index (Phi) is 6.47. The average molecular weight is 511 g/mol. The van der Waals surface area contributed by atoms with Crippen LogP contribution in [0.25, 0.3) is 0 Å². The number of allylic oxidation sites excluding steroid dienone is 2. The molecule has 1 aliphatic carbocycles. The Balaban J connectivity index is 1.36. The number of esters is 1. The summed E-state index contributed by atoms with van der Waals surface area (Å²) in [5.41, 5.74) is 3.15. The van der Waals surface area contributed by atoms with Crippen molar-refractivity contribution in [3.8, 4) is 0 Å². The van der Waals surface area contributed by atoms with Crippen LogP contribution in [0.3, 0.4) is 0 Å². The number of nitrogens with one attached hydrogen (secondary N) is 1. The Labute approximate surface area is 199 Å². The van der Waals surface area contributed by atoms with Crippen LogP contribution in [0.4, 0.5) is 11.4 Å². The van der Waals surface area contributed by atoms with Gasteiger partial charge in [0.15, 0.2) is 6.61 Å². The number of anilines is 2. The fourth-order valence-electron chi connectivity index (χ4n) is 4.12. The fourth-order valence-corrected chi connectivity index (χ4v) is 4.58. The van der Waals surface area contributed by atoms with Crippen LogP contribution >= 0.6 is 15.9 Å². The highest BCUT2D eigenvalue weighted by atomic mass is 79.9. The summed E-state index contributed by atoms with van der Waals surface area (Å²) in [4.78, 5) is 51.2. The first-order chi connectivity index (χ1) is 15.8. The van der Waals surface area contributed by atoms with Gasteiger partial charge in [-0.15, -0.1) is 0 Å². The average Bonchev–Trinajstić information content (AvgIpc) is 3.06. The lowest BCUT2D eigenvalue weighted by atomic mass is 9.85. The molecule has 7 nitrogen and oxygen atoms in total. The standard InChI is InChI=1S/C25H23BrN2O5/c1-14-12-21(15(2)11-20(14)26)27-22(29)13-33-25(32)16-7-9-17(10-8-16)28-23(30)18-5-3-4-6-19(18)24(28)31/h3-4,7-12,18-19H,5-6,13H2,1-2H3,(H,27,29)/t18-,19+. The van der Waals surface area contributed by atoms with Crippen LogP contribution in [0, 0.1) is 25.7 Å². The van der Waals surface area contributed by atoms with Gasteiger partial charge >= 0.3 is 5.97 Å². The molecule has 1 fully saturated rings. The van der Waals surface area contributed by atoms with Crippen LogP contribution in [0.15, 0.2) is 53.0 Å². The highest BCUT2D eigenvalue weighted by Crippen LogP contribution is 2.37. The van der Waals surface area contributed by atoms with Gasteiger partial charge in [0.05, 0.1) is 23.1 Å². The van der Waals surface area contributed by atoms with Crippen LogP contribution in [0.1, 0.15) is 34.3 Å². The van der Waals surface area contributed by atoms with Crippen molar-refractivity contribution in [1.82, 2.24) is 0 Å². The van der Waals surface area contributed by atoms with Gasteiger partial charge in [-0.2, -0.15) is 0 Å². The molecule has 0 saturated carbocycles. The molecule has 8 heteroatoms. The van der Waals surface area contributed by atoms with Crippen molar-refractivity contribution < 1.29 is 23.9 Å². The number of amides is 3. The number of carbonyl (C=O) groups is 4. The second-order valence-corrected chi connectivity index (χ2v) is 9.11. The van der Waals surface area contributed by atoms with Crippen LogP contribution in [-0.2, 0) is 19.1 Å². The number of nitrogens with zero attached hydrogens (tertiary/aromatic N) is 1. The molecule has 2 aromatic carbocycles. The van der Waals surface area contributed by atoms with Gasteiger partial charge in [0, 0.05) is 10.2 Å². The van der Waals surface area contributed by atoms with Crippen LogP contribution in [0.5, 0.6) is 0 Å². The smallest absolute Gasteiger partial charge is 0.338 e. The van der Waals surface area contributed by atoms with E-state index in [4.69, 9.17) is 4.74 Å². The SMILES string of the molecule is Cc1cc(NC(=O)COC(=O)c2ccc(N3C(=O)[C@H]4CC=CC[C@H]4C3=O)cc2)c(C)cc1Br. The maximum atomic E-state index is 12.7. The molecule has 4 rings (SSSR count). The van der Waals surface area contributed by atoms with Crippen molar-refractivity contribution in [3.05, 3.63) is 69.7 Å². The van der Waals surface area contributed by atoms with E-state index in [2.05, 4.69) is 21.2 Å². The number of rotatable bonds is 5. The monoisotopic (exact) mass is 510 g/mol. The molecule has 1 N–H and O–H groups in total. The molecule has 0 unspecified atom stereocenters. The molecule has 33 heavy (non-hydrogen) atoms. The summed E-state index contributed by atoms with van der Waals surface area (Å²) >= 11 is 3.45. The summed E-state index contributed by atoms with van der Waals surface area (Å²) in [6, 6.07) is 9.80. The van der Waals surface area contributed by atoms with Gasteiger partial charge in [0.1, 0.15) is 0 Å². The lowest BCUT2D eigenvalue weighted by molar-refractivity contribution is -0.122. The van der Waals surface area contributed by atoms with Gasteiger partial charge in [-0.3, -0.25) is 19.3 Å². The van der Waals surface area contributed by atoms with Crippen molar-refractivity contribution in [3.63, 3.8) is 0 Å². The number of carbonyl (C=O) groups excluding carboxylic acids is 4. The van der Waals surface area contributed by atoms with E-state index in [0.29, 0.717) is 24.2 Å². The number of imide groups is 1. The molecule has 2 atom stereocenters. The first-order valence-corrected chi connectivity index (χ1v) is 11.4. The molecule has 2 aromatic rings. The lowest BCUT2D eigenvalue weighted by Crippen LogP contribution is -2.30. The van der Waals surface area contributed by atoms with Crippen molar-refractivity contribution in [1.29, 1.82) is 0 Å². The molecule has 0 bridgehead atoms. The Morgan fingerprint density at radius 2 is 1.61 bits per heavy atom. The van der Waals surface area contributed by atoms with Crippen LogP contribution in [-0.4, -0.2) is 30.3 Å². The number of aryl methyl sites for hydroxylation is 2. The predicted molar refractivity (Wildman–Crippen MR) is 127 cm³/mol. The van der Waals surface area contributed by atoms with E-state index in [1.54, 1.807) is 12.1 Å². The molecule has 0 aromatic heterocycles. The third-order valence-electron chi connectivity index (χ3n) is 5.98. The highest BCUT2D eigenvalue weighted by molar-refractivity contribution is 9.10. The summed E-state index contributed by atoms with van der Waals surface area (Å²) in [6.45, 7) is 3.35. The van der Waals surface area contributed by atoms with E-state index < -0.39 is 18.5 Å². The molecule has 1 heterocycles. The molecule has 0 spiro atoms. The van der Waals surface area contributed by atoms with Gasteiger partial charge in [0.25, 0.3) is 5.91 Å². The van der Waals surface area contributed by atoms with Gasteiger partial charge in [-0.1, -0.05) is 28.1 Å². The zero-order chi connectivity index (χ0) is 23.7. The molecular formula is C25H23BrN2O5. The predicted octanol–water partition coefficient (Wildman–Crippen LogP) is 4.32. The zero-order valence-corrected chi connectivity index (χ0v) is 19.8. The third kappa shape index (κ3) is 4.61. The number of hydrogen-bond acceptors (Lipinski definition) is 5. The first kappa shape index (κ1) is 22.9. The second-order valence-electron chi connectivity index (χ2n) is 8.26. The van der Waals surface area contributed by atoms with Gasteiger partial charge in [-0.05, 0) is 74.2 Å². The van der Waals surface area contributed by atoms with E-state index in [1.165, 1.54) is 17.0 Å². The fraction of sp³-hybridized carbons (Fsp3) is 0.280. The molecule has 3 amide bonds. The minimum absolute atomic E-state index is 0.209. The van der Waals surface area contributed by atoms with Crippen LogP contribution in [0.2, 0.25) is 0 Å². The van der Waals surface area contributed by atoms with Crippen molar-refractivity contribution in [2.24, 2.45) is 11.8 Å². The molecule has 2 aliphatic rings. The first-order valence-electron chi connectivity index (χ1n) is 10.6. The normalized spacial score (nSPS) is 19.4. The zero-order valence-electron chi connectivity index (χ0n) is 18.3. The van der Waals surface area contributed by atoms with E-state index in [9.17, 15) is 19.2 Å². The lowest BCUT2D eigenvalue weighted by Gasteiger charge is -2.15. The highest BCUT2D eigenvalue weighted by Gasteiger charge is 2.47. The number of ether oxygens (including phenoxy) is 1. The van der Waals surface area contributed by atoms with Crippen LogP contribution < -0.4 is 10.2 Å². The molecule has 1 saturated heterocycles. The quantitative estimate of drug-likeness (QED) is 0.367. The number of fused-ring (bicyclic) bond motifs is 1. The van der Waals surface area contributed by atoms with Crippen molar-refractivity contribution >= 4 is 51.0 Å². The minimum atomic E-state index is -0.669. The summed E-state index contributed by atoms with van der Waals surface area (Å²) in [5, 5.41) is 2.74. The summed E-state index contributed by atoms with van der Waals surface area (Å²) < 4.78 is 6.07. The van der Waals surface area contributed by atoms with Gasteiger partial charge in [0.2, 0.25) is 11.8 Å². The maximum absolute atomic E-state index is 12.7. The van der Waals surface area contributed by atoms with E-state index in [0.717, 1.165) is 15.6 Å². The van der Waals surface area contributed by atoms with E-state index in [1.807, 2.05) is 38.1 Å². The number of hydrogen-bond donors (Lipinski definition) is 1. The number of benzene rings is 2. The van der Waals surface area contributed by atoms with Gasteiger partial charge in [-0.25, -0.2) is 4.79 Å². The summed E-state index contributed by atoms with van der Waals surface area (Å²) in [7, 11) is 0. The molecule has 170 valence electrons.